The summed E-state index contributed by atoms with van der Waals surface area (Å²) in [4.78, 5) is -0.150. The quantitative estimate of drug-likeness (QED) is 0.0312. The average molecular weight is 1040 g/mol. The first-order chi connectivity index (χ1) is 31.7. The van der Waals surface area contributed by atoms with Crippen LogP contribution in [0.1, 0.15) is 230 Å². The van der Waals surface area contributed by atoms with Gasteiger partial charge in [0.2, 0.25) is 0 Å². The molecular weight excluding hydrogens is 952 g/mol. The van der Waals surface area contributed by atoms with Gasteiger partial charge in [-0.3, -0.25) is 0 Å². The van der Waals surface area contributed by atoms with Crippen molar-refractivity contribution in [2.75, 3.05) is 0 Å². The zero-order valence-electron chi connectivity index (χ0n) is 42.9. The molecule has 0 aliphatic heterocycles. The van der Waals surface area contributed by atoms with Crippen LogP contribution in [0.2, 0.25) is 0 Å². The number of unbranched alkanes of at least 4 members (excludes halogenated alkanes) is 27. The molecule has 3 aromatic carbocycles. The van der Waals surface area contributed by atoms with Crippen LogP contribution < -0.4 is 29.6 Å². The van der Waals surface area contributed by atoms with Crippen LogP contribution in [0.4, 0.5) is 0 Å². The Kier molecular flexibility index (Phi) is 45.3. The Bertz CT molecular complexity index is 1770. The second-order valence-electron chi connectivity index (χ2n) is 18.0. The van der Waals surface area contributed by atoms with E-state index in [1.165, 1.54) is 172 Å². The van der Waals surface area contributed by atoms with Crippen LogP contribution in [0.5, 0.6) is 0 Å². The summed E-state index contributed by atoms with van der Waals surface area (Å²) < 4.78 is 101. The fourth-order valence-electron chi connectivity index (χ4n) is 8.27. The molecule has 9 nitrogen and oxygen atoms in total. The molecule has 0 amide bonds. The Morgan fingerprint density at radius 2 is 0.456 bits per heavy atom. The zero-order valence-corrected chi connectivity index (χ0v) is 49.5. The molecule has 3 aromatic rings. The van der Waals surface area contributed by atoms with Gasteiger partial charge in [-0.25, -0.2) is 25.3 Å². The van der Waals surface area contributed by atoms with E-state index in [1.54, 1.807) is 54.6 Å². The number of benzene rings is 3. The molecule has 3 rings (SSSR count). The average Bonchev–Trinajstić information content (AvgIpc) is 3.28. The van der Waals surface area contributed by atoms with Crippen LogP contribution in [-0.2, 0) is 49.6 Å². The van der Waals surface area contributed by atoms with Gasteiger partial charge < -0.3 is 13.7 Å². The summed E-state index contributed by atoms with van der Waals surface area (Å²) in [7, 11) is -13.0. The molecule has 0 radical (unpaired) electrons. The molecule has 14 heteroatoms. The van der Waals surface area contributed by atoms with E-state index in [-0.39, 0.29) is 82.0 Å². The molecule has 378 valence electrons. The number of hydrogen-bond donors (Lipinski definition) is 0. The van der Waals surface area contributed by atoms with Crippen LogP contribution >= 0.6 is 0 Å². The van der Waals surface area contributed by atoms with Crippen molar-refractivity contribution in [1.29, 1.82) is 0 Å². The van der Waals surface area contributed by atoms with E-state index >= 15 is 0 Å². The number of aryl methyl sites for hydroxylation is 3. The molecule has 0 saturated heterocycles. The summed E-state index contributed by atoms with van der Waals surface area (Å²) in [6.07, 6.45) is 39.5. The maximum absolute atomic E-state index is 11.2. The number of rotatable bonds is 36. The molecule has 0 N–H and O–H groups in total. The zero-order chi connectivity index (χ0) is 48.8. The van der Waals surface area contributed by atoms with Crippen molar-refractivity contribution in [3.8, 4) is 0 Å². The molecule has 0 aliphatic rings. The van der Waals surface area contributed by atoms with E-state index in [4.69, 9.17) is 0 Å². The molecule has 0 aliphatic carbocycles. The molecular formula is C54H87CaNaO9S3. The van der Waals surface area contributed by atoms with Crippen molar-refractivity contribution < 1.29 is 68.5 Å². The predicted octanol–water partition coefficient (Wildman–Crippen LogP) is 11.8. The fraction of sp³-hybridized carbons (Fsp3) is 0.667. The van der Waals surface area contributed by atoms with Crippen molar-refractivity contribution in [3.63, 3.8) is 0 Å². The SMILES string of the molecule is CCCCCCCCCCCCc1ccccc1S(=O)(=O)[O-].CCCCCCCCCCCCc1ccccc1S(=O)(=O)[O-].CCCCCCCCCCCCc1ccccc1S(=O)(=O)[O-].[Ca+2].[Na+]. The van der Waals surface area contributed by atoms with Crippen molar-refractivity contribution in [2.24, 2.45) is 0 Å². The van der Waals surface area contributed by atoms with Gasteiger partial charge in [-0.2, -0.15) is 0 Å². The summed E-state index contributed by atoms with van der Waals surface area (Å²) in [5.41, 5.74) is 1.99. The summed E-state index contributed by atoms with van der Waals surface area (Å²) in [6.45, 7) is 6.70. The van der Waals surface area contributed by atoms with Gasteiger partial charge in [-0.1, -0.05) is 249 Å². The topological polar surface area (TPSA) is 172 Å². The molecule has 0 saturated carbocycles. The fourth-order valence-corrected chi connectivity index (χ4v) is 10.5. The third kappa shape index (κ3) is 36.5. The van der Waals surface area contributed by atoms with Crippen LogP contribution in [0.15, 0.2) is 87.5 Å². The van der Waals surface area contributed by atoms with Crippen molar-refractivity contribution in [3.05, 3.63) is 89.5 Å². The smallest absolute Gasteiger partial charge is 0.744 e. The standard InChI is InChI=1S/3C18H30O3S.Ca.Na/c3*1-2-3-4-5-6-7-8-9-10-11-14-17-15-12-13-16-18(17)22(19,20)21;;/h3*12-13,15-16H,2-11,14H2,1H3,(H,19,20,21);;/q;;;+2;+1/p-3. The Morgan fingerprint density at radius 1 is 0.294 bits per heavy atom. The summed E-state index contributed by atoms with van der Waals surface area (Å²) in [5.74, 6) is 0. The minimum atomic E-state index is -4.35. The monoisotopic (exact) mass is 1040 g/mol. The normalized spacial score (nSPS) is 11.4. The third-order valence-electron chi connectivity index (χ3n) is 12.1. The second kappa shape index (κ2) is 44.2. The largest absolute Gasteiger partial charge is 2.00 e. The third-order valence-corrected chi connectivity index (χ3v) is 14.9. The summed E-state index contributed by atoms with van der Waals surface area (Å²) in [5, 5.41) is 0. The van der Waals surface area contributed by atoms with Crippen LogP contribution in [-0.4, -0.2) is 76.6 Å². The van der Waals surface area contributed by atoms with Gasteiger partial charge in [0.05, 0.1) is 14.7 Å². The molecule has 0 aromatic heterocycles. The Hall–Kier alpha value is -0.350. The molecule has 0 bridgehead atoms. The minimum absolute atomic E-state index is 0. The Labute approximate surface area is 468 Å². The molecule has 0 spiro atoms. The molecule has 68 heavy (non-hydrogen) atoms. The minimum Gasteiger partial charge on any atom is -0.744 e. The van der Waals surface area contributed by atoms with Crippen LogP contribution in [0.25, 0.3) is 0 Å². The summed E-state index contributed by atoms with van der Waals surface area (Å²) >= 11 is 0. The van der Waals surface area contributed by atoms with E-state index < -0.39 is 30.4 Å². The van der Waals surface area contributed by atoms with Gasteiger partial charge in [0.1, 0.15) is 30.4 Å². The second-order valence-corrected chi connectivity index (χ2v) is 22.0. The van der Waals surface area contributed by atoms with E-state index in [1.807, 2.05) is 0 Å². The maximum Gasteiger partial charge on any atom is 2.00 e. The summed E-state index contributed by atoms with van der Waals surface area (Å²) in [6, 6.07) is 19.7. The first-order valence-electron chi connectivity index (χ1n) is 25.8. The maximum atomic E-state index is 11.2. The van der Waals surface area contributed by atoms with Gasteiger partial charge in [0, 0.05) is 0 Å². The van der Waals surface area contributed by atoms with E-state index in [0.29, 0.717) is 36.0 Å². The van der Waals surface area contributed by atoms with E-state index in [2.05, 4.69) is 20.8 Å². The van der Waals surface area contributed by atoms with E-state index in [0.717, 1.165) is 38.5 Å². The first-order valence-corrected chi connectivity index (χ1v) is 30.0. The van der Waals surface area contributed by atoms with Crippen molar-refractivity contribution >= 4 is 68.1 Å². The van der Waals surface area contributed by atoms with Crippen LogP contribution in [0, 0.1) is 0 Å². The predicted molar refractivity (Wildman–Crippen MR) is 276 cm³/mol. The molecule has 0 heterocycles. The first kappa shape index (κ1) is 69.7. The van der Waals surface area contributed by atoms with Gasteiger partial charge in [-0.15, -0.1) is 0 Å². The van der Waals surface area contributed by atoms with Gasteiger partial charge >= 0.3 is 67.3 Å². The molecule has 0 atom stereocenters. The Balaban J connectivity index is 0. The van der Waals surface area contributed by atoms with Crippen LogP contribution in [0.3, 0.4) is 0 Å². The van der Waals surface area contributed by atoms with E-state index in [9.17, 15) is 38.9 Å². The van der Waals surface area contributed by atoms with Crippen molar-refractivity contribution in [2.45, 2.75) is 247 Å². The van der Waals surface area contributed by atoms with Gasteiger partial charge in [0.15, 0.2) is 0 Å². The molecule has 0 fully saturated rings. The molecule has 0 unspecified atom stereocenters. The number of hydrogen-bond acceptors (Lipinski definition) is 9. The van der Waals surface area contributed by atoms with Gasteiger partial charge in [-0.05, 0) is 73.4 Å². The van der Waals surface area contributed by atoms with Crippen molar-refractivity contribution in [1.82, 2.24) is 0 Å². The van der Waals surface area contributed by atoms with Gasteiger partial charge in [0.25, 0.3) is 0 Å². The Morgan fingerprint density at radius 3 is 0.632 bits per heavy atom.